The summed E-state index contributed by atoms with van der Waals surface area (Å²) >= 11 is 11.8. The Balaban J connectivity index is 1.85. The second-order valence-corrected chi connectivity index (χ2v) is 5.65. The molecule has 0 unspecified atom stereocenters. The smallest absolute Gasteiger partial charge is 0.331 e. The van der Waals surface area contributed by atoms with Gasteiger partial charge in [-0.15, -0.1) is 0 Å². The fourth-order valence-corrected chi connectivity index (χ4v) is 2.23. The predicted molar refractivity (Wildman–Crippen MR) is 98.1 cm³/mol. The maximum absolute atomic E-state index is 11.8. The third-order valence-corrected chi connectivity index (χ3v) is 3.90. The number of hydrogen-bond donors (Lipinski definition) is 1. The van der Waals surface area contributed by atoms with Crippen molar-refractivity contribution in [2.75, 3.05) is 19.0 Å². The first kappa shape index (κ1) is 18.8. The van der Waals surface area contributed by atoms with Crippen molar-refractivity contribution in [3.8, 4) is 5.75 Å². The van der Waals surface area contributed by atoms with E-state index >= 15 is 0 Å². The van der Waals surface area contributed by atoms with Gasteiger partial charge < -0.3 is 14.8 Å². The van der Waals surface area contributed by atoms with Gasteiger partial charge in [-0.2, -0.15) is 0 Å². The Morgan fingerprint density at radius 1 is 1.16 bits per heavy atom. The lowest BCUT2D eigenvalue weighted by Gasteiger charge is -2.08. The molecule has 0 fully saturated rings. The quantitative estimate of drug-likeness (QED) is 0.603. The Kier molecular flexibility index (Phi) is 6.86. The molecule has 0 atom stereocenters. The molecule has 7 heteroatoms. The summed E-state index contributed by atoms with van der Waals surface area (Å²) in [4.78, 5) is 23.5. The van der Waals surface area contributed by atoms with Crippen molar-refractivity contribution < 1.29 is 19.1 Å². The number of anilines is 1. The van der Waals surface area contributed by atoms with Gasteiger partial charge in [-0.05, 0) is 35.9 Å². The van der Waals surface area contributed by atoms with Crippen LogP contribution in [0.1, 0.15) is 5.56 Å². The van der Waals surface area contributed by atoms with Crippen LogP contribution in [0.25, 0.3) is 6.08 Å². The summed E-state index contributed by atoms with van der Waals surface area (Å²) in [5.74, 6) is -0.490. The lowest BCUT2D eigenvalue weighted by atomic mass is 10.2. The third-order valence-electron chi connectivity index (χ3n) is 3.08. The monoisotopic (exact) mass is 379 g/mol. The predicted octanol–water partition coefficient (Wildman–Crippen LogP) is 4.20. The number of methoxy groups -OCH3 is 1. The molecule has 0 spiro atoms. The van der Waals surface area contributed by atoms with Gasteiger partial charge in [0.15, 0.2) is 6.61 Å². The minimum Gasteiger partial charge on any atom is -0.497 e. The van der Waals surface area contributed by atoms with E-state index in [1.165, 1.54) is 6.08 Å². The molecular formula is C18H15Cl2NO4. The topological polar surface area (TPSA) is 64.6 Å². The minimum atomic E-state index is -0.643. The number of amides is 1. The van der Waals surface area contributed by atoms with Crippen LogP contribution >= 0.6 is 23.2 Å². The van der Waals surface area contributed by atoms with Gasteiger partial charge in [0.25, 0.3) is 5.91 Å². The molecule has 0 aliphatic heterocycles. The van der Waals surface area contributed by atoms with E-state index in [1.54, 1.807) is 55.7 Å². The summed E-state index contributed by atoms with van der Waals surface area (Å²) < 4.78 is 9.97. The molecule has 0 saturated heterocycles. The molecule has 1 N–H and O–H groups in total. The molecule has 1 amide bonds. The summed E-state index contributed by atoms with van der Waals surface area (Å²) in [5, 5.41) is 3.06. The van der Waals surface area contributed by atoms with Crippen LogP contribution in [0.15, 0.2) is 48.5 Å². The number of nitrogens with one attached hydrogen (secondary N) is 1. The number of rotatable bonds is 6. The molecule has 2 rings (SSSR count). The van der Waals surface area contributed by atoms with Crippen molar-refractivity contribution in [2.45, 2.75) is 0 Å². The Labute approximate surface area is 155 Å². The second-order valence-electron chi connectivity index (χ2n) is 4.87. The van der Waals surface area contributed by atoms with Crippen molar-refractivity contribution >= 4 is 46.8 Å². The molecule has 130 valence electrons. The first-order valence-electron chi connectivity index (χ1n) is 7.22. The van der Waals surface area contributed by atoms with Gasteiger partial charge in [-0.3, -0.25) is 4.79 Å². The van der Waals surface area contributed by atoms with E-state index in [4.69, 9.17) is 32.7 Å². The van der Waals surface area contributed by atoms with Crippen LogP contribution in [0.3, 0.4) is 0 Å². The lowest BCUT2D eigenvalue weighted by molar-refractivity contribution is -0.142. The summed E-state index contributed by atoms with van der Waals surface area (Å²) in [7, 11) is 1.56. The molecule has 25 heavy (non-hydrogen) atoms. The number of ether oxygens (including phenoxy) is 2. The Morgan fingerprint density at radius 3 is 2.68 bits per heavy atom. The number of carbonyl (C=O) groups excluding carboxylic acids is 2. The standard InChI is InChI=1S/C18H15Cl2NO4/c1-24-13-5-2-4-12(10-13)8-9-17(23)25-11-16(22)21-15-7-3-6-14(19)18(15)20/h2-10H,11H2,1H3,(H,21,22). The Morgan fingerprint density at radius 2 is 1.92 bits per heavy atom. The van der Waals surface area contributed by atoms with E-state index in [0.29, 0.717) is 16.5 Å². The van der Waals surface area contributed by atoms with E-state index in [9.17, 15) is 9.59 Å². The SMILES string of the molecule is COc1cccc(C=CC(=O)OCC(=O)Nc2cccc(Cl)c2Cl)c1. The Bertz CT molecular complexity index is 805. The van der Waals surface area contributed by atoms with Gasteiger partial charge in [0, 0.05) is 6.08 Å². The molecule has 2 aromatic carbocycles. The highest BCUT2D eigenvalue weighted by atomic mass is 35.5. The summed E-state index contributed by atoms with van der Waals surface area (Å²) in [6, 6.07) is 12.0. The van der Waals surface area contributed by atoms with Crippen molar-refractivity contribution in [1.82, 2.24) is 0 Å². The van der Waals surface area contributed by atoms with Crippen molar-refractivity contribution in [2.24, 2.45) is 0 Å². The largest absolute Gasteiger partial charge is 0.497 e. The molecule has 0 heterocycles. The van der Waals surface area contributed by atoms with E-state index < -0.39 is 18.5 Å². The third kappa shape index (κ3) is 5.81. The van der Waals surface area contributed by atoms with E-state index in [0.717, 1.165) is 5.56 Å². The molecule has 0 radical (unpaired) electrons. The normalized spacial score (nSPS) is 10.5. The van der Waals surface area contributed by atoms with E-state index in [1.807, 2.05) is 0 Å². The van der Waals surface area contributed by atoms with Crippen LogP contribution in [0.5, 0.6) is 5.75 Å². The minimum absolute atomic E-state index is 0.224. The highest BCUT2D eigenvalue weighted by molar-refractivity contribution is 6.44. The second kappa shape index (κ2) is 9.11. The summed E-state index contributed by atoms with van der Waals surface area (Å²) in [5.41, 5.74) is 1.12. The first-order chi connectivity index (χ1) is 12.0. The van der Waals surface area contributed by atoms with Gasteiger partial charge in [-0.25, -0.2) is 4.79 Å². The van der Waals surface area contributed by atoms with Crippen LogP contribution in [0.2, 0.25) is 10.0 Å². The highest BCUT2D eigenvalue weighted by Crippen LogP contribution is 2.29. The number of carbonyl (C=O) groups is 2. The number of hydrogen-bond acceptors (Lipinski definition) is 4. The molecule has 0 bridgehead atoms. The van der Waals surface area contributed by atoms with E-state index in [-0.39, 0.29) is 5.02 Å². The van der Waals surface area contributed by atoms with Crippen LogP contribution in [0.4, 0.5) is 5.69 Å². The maximum Gasteiger partial charge on any atom is 0.331 e. The lowest BCUT2D eigenvalue weighted by Crippen LogP contribution is -2.20. The molecule has 2 aromatic rings. The average molecular weight is 380 g/mol. The number of esters is 1. The van der Waals surface area contributed by atoms with Crippen molar-refractivity contribution in [1.29, 1.82) is 0 Å². The fourth-order valence-electron chi connectivity index (χ4n) is 1.88. The fraction of sp³-hybridized carbons (Fsp3) is 0.111. The van der Waals surface area contributed by atoms with Crippen LogP contribution in [-0.2, 0) is 14.3 Å². The van der Waals surface area contributed by atoms with Gasteiger partial charge in [0.05, 0.1) is 22.8 Å². The molecule has 5 nitrogen and oxygen atoms in total. The van der Waals surface area contributed by atoms with Gasteiger partial charge in [0.2, 0.25) is 0 Å². The van der Waals surface area contributed by atoms with Gasteiger partial charge in [-0.1, -0.05) is 41.4 Å². The molecule has 0 aromatic heterocycles. The zero-order valence-electron chi connectivity index (χ0n) is 13.3. The van der Waals surface area contributed by atoms with E-state index in [2.05, 4.69) is 5.32 Å². The average Bonchev–Trinajstić information content (AvgIpc) is 2.62. The zero-order valence-corrected chi connectivity index (χ0v) is 14.8. The molecule has 0 aliphatic rings. The number of benzene rings is 2. The molecule has 0 aliphatic carbocycles. The van der Waals surface area contributed by atoms with Crippen molar-refractivity contribution in [3.63, 3.8) is 0 Å². The highest BCUT2D eigenvalue weighted by Gasteiger charge is 2.09. The van der Waals surface area contributed by atoms with Gasteiger partial charge in [0.1, 0.15) is 5.75 Å². The first-order valence-corrected chi connectivity index (χ1v) is 7.98. The number of halogens is 2. The van der Waals surface area contributed by atoms with Crippen LogP contribution in [0, 0.1) is 0 Å². The van der Waals surface area contributed by atoms with Crippen molar-refractivity contribution in [3.05, 3.63) is 64.1 Å². The molecular weight excluding hydrogens is 365 g/mol. The van der Waals surface area contributed by atoms with Crippen LogP contribution in [-0.4, -0.2) is 25.6 Å². The summed E-state index contributed by atoms with van der Waals surface area (Å²) in [6.07, 6.45) is 2.80. The maximum atomic E-state index is 11.8. The van der Waals surface area contributed by atoms with Crippen LogP contribution < -0.4 is 10.1 Å². The molecule has 0 saturated carbocycles. The van der Waals surface area contributed by atoms with Gasteiger partial charge >= 0.3 is 5.97 Å². The Hall–Kier alpha value is -2.50. The summed E-state index contributed by atoms with van der Waals surface area (Å²) in [6.45, 7) is -0.440. The zero-order chi connectivity index (χ0) is 18.2.